The van der Waals surface area contributed by atoms with Crippen molar-refractivity contribution >= 4 is 35.7 Å². The zero-order chi connectivity index (χ0) is 22.3. The fourth-order valence-electron chi connectivity index (χ4n) is 3.33. The number of rotatable bonds is 7. The van der Waals surface area contributed by atoms with E-state index in [2.05, 4.69) is 35.7 Å². The van der Waals surface area contributed by atoms with Crippen molar-refractivity contribution in [2.45, 2.75) is 19.3 Å². The molecule has 1 saturated heterocycles. The van der Waals surface area contributed by atoms with Gasteiger partial charge in [0.1, 0.15) is 5.82 Å². The Morgan fingerprint density at radius 1 is 1.00 bits per heavy atom. The first-order valence-electron chi connectivity index (χ1n) is 10.2. The number of nitrogens with zero attached hydrogens (tertiary/aromatic N) is 5. The molecule has 1 fully saturated rings. The number of hydrogen-bond donors (Lipinski definition) is 3. The third-order valence-corrected chi connectivity index (χ3v) is 4.92. The molecule has 164 valence electrons. The summed E-state index contributed by atoms with van der Waals surface area (Å²) in [6.45, 7) is 1.68. The minimum atomic E-state index is -1.04. The van der Waals surface area contributed by atoms with E-state index in [9.17, 15) is 14.3 Å². The van der Waals surface area contributed by atoms with E-state index in [1.54, 1.807) is 30.3 Å². The summed E-state index contributed by atoms with van der Waals surface area (Å²) in [7, 11) is 0. The van der Waals surface area contributed by atoms with Crippen molar-refractivity contribution in [3.8, 4) is 0 Å². The number of nitrogens with one attached hydrogen (secondary N) is 2. The second-order valence-electron chi connectivity index (χ2n) is 7.22. The summed E-state index contributed by atoms with van der Waals surface area (Å²) in [5.74, 6) is -0.373. The maximum absolute atomic E-state index is 13.2. The lowest BCUT2D eigenvalue weighted by molar-refractivity contribution is 0.0696. The molecule has 1 aliphatic rings. The molecular weight excluding hydrogens is 413 g/mol. The van der Waals surface area contributed by atoms with Gasteiger partial charge < -0.3 is 15.3 Å². The Morgan fingerprint density at radius 3 is 2.47 bits per heavy atom. The van der Waals surface area contributed by atoms with Crippen molar-refractivity contribution in [2.24, 2.45) is 5.10 Å². The monoisotopic (exact) mass is 435 g/mol. The zero-order valence-corrected chi connectivity index (χ0v) is 17.2. The summed E-state index contributed by atoms with van der Waals surface area (Å²) >= 11 is 0. The predicted molar refractivity (Wildman–Crippen MR) is 120 cm³/mol. The zero-order valence-electron chi connectivity index (χ0n) is 17.2. The van der Waals surface area contributed by atoms with E-state index in [0.29, 0.717) is 17.2 Å². The molecule has 0 aliphatic carbocycles. The molecule has 0 amide bonds. The summed E-state index contributed by atoms with van der Waals surface area (Å²) in [6, 6.07) is 12.4. The average Bonchev–Trinajstić information content (AvgIpc) is 2.81. The van der Waals surface area contributed by atoms with Crippen LogP contribution in [0.4, 0.5) is 27.9 Å². The maximum atomic E-state index is 13.2. The molecule has 2 heterocycles. The van der Waals surface area contributed by atoms with Crippen LogP contribution in [0.2, 0.25) is 0 Å². The second-order valence-corrected chi connectivity index (χ2v) is 7.22. The van der Waals surface area contributed by atoms with Crippen molar-refractivity contribution in [1.29, 1.82) is 0 Å². The fourth-order valence-corrected chi connectivity index (χ4v) is 3.33. The van der Waals surface area contributed by atoms with Gasteiger partial charge in [0.2, 0.25) is 17.8 Å². The number of hydrogen-bond acceptors (Lipinski definition) is 8. The number of anilines is 4. The Balaban J connectivity index is 1.58. The molecule has 32 heavy (non-hydrogen) atoms. The van der Waals surface area contributed by atoms with Crippen molar-refractivity contribution in [3.05, 3.63) is 65.5 Å². The van der Waals surface area contributed by atoms with Gasteiger partial charge in [-0.15, -0.1) is 0 Å². The van der Waals surface area contributed by atoms with E-state index in [-0.39, 0.29) is 23.3 Å². The highest BCUT2D eigenvalue weighted by Crippen LogP contribution is 2.21. The van der Waals surface area contributed by atoms with Crippen LogP contribution in [0, 0.1) is 5.82 Å². The van der Waals surface area contributed by atoms with Crippen LogP contribution >= 0.6 is 0 Å². The standard InChI is InChI=1S/C22H22FN7O2/c23-16-8-10-17(11-9-16)25-20-26-21(28-22(27-20)30-12-4-1-5-13-30)29-24-14-15-6-2-3-7-18(15)19(31)32/h2-3,6-11,14H,1,4-5,12-13H2,(H,31,32)(H2,25,26,27,28,29)/b24-14-. The fraction of sp³-hybridized carbons (Fsp3) is 0.227. The van der Waals surface area contributed by atoms with Crippen molar-refractivity contribution in [1.82, 2.24) is 15.0 Å². The van der Waals surface area contributed by atoms with Crippen LogP contribution in [-0.2, 0) is 0 Å². The van der Waals surface area contributed by atoms with Gasteiger partial charge in [-0.1, -0.05) is 18.2 Å². The van der Waals surface area contributed by atoms with Crippen molar-refractivity contribution in [3.63, 3.8) is 0 Å². The van der Waals surface area contributed by atoms with Crippen LogP contribution in [0.5, 0.6) is 0 Å². The molecule has 3 aromatic rings. The van der Waals surface area contributed by atoms with Gasteiger partial charge in [0.25, 0.3) is 0 Å². The average molecular weight is 435 g/mol. The number of carbonyl (C=O) groups is 1. The lowest BCUT2D eigenvalue weighted by atomic mass is 10.1. The summed E-state index contributed by atoms with van der Waals surface area (Å²) in [6.07, 6.45) is 4.68. The summed E-state index contributed by atoms with van der Waals surface area (Å²) in [5, 5.41) is 16.5. The lowest BCUT2D eigenvalue weighted by Crippen LogP contribution is -2.31. The minimum absolute atomic E-state index is 0.140. The number of hydrazone groups is 1. The molecule has 0 saturated carbocycles. The van der Waals surface area contributed by atoms with Gasteiger partial charge in [-0.25, -0.2) is 14.6 Å². The quantitative estimate of drug-likeness (QED) is 0.378. The Kier molecular flexibility index (Phi) is 6.49. The van der Waals surface area contributed by atoms with Gasteiger partial charge in [-0.3, -0.25) is 0 Å². The molecule has 1 aliphatic heterocycles. The number of piperidine rings is 1. The van der Waals surface area contributed by atoms with Gasteiger partial charge in [-0.05, 0) is 49.6 Å². The summed E-state index contributed by atoms with van der Waals surface area (Å²) in [4.78, 5) is 26.8. The van der Waals surface area contributed by atoms with E-state index >= 15 is 0 Å². The topological polar surface area (TPSA) is 116 Å². The lowest BCUT2D eigenvalue weighted by Gasteiger charge is -2.26. The normalized spacial score (nSPS) is 13.8. The molecule has 0 radical (unpaired) electrons. The van der Waals surface area contributed by atoms with Crippen LogP contribution in [0.3, 0.4) is 0 Å². The smallest absolute Gasteiger partial charge is 0.336 e. The van der Waals surface area contributed by atoms with Gasteiger partial charge in [-0.2, -0.15) is 20.1 Å². The Hall–Kier alpha value is -4.08. The molecule has 1 aromatic heterocycles. The second kappa shape index (κ2) is 9.82. The number of benzene rings is 2. The molecule has 9 nitrogen and oxygen atoms in total. The van der Waals surface area contributed by atoms with E-state index in [0.717, 1.165) is 25.9 Å². The highest BCUT2D eigenvalue weighted by Gasteiger charge is 2.16. The first-order chi connectivity index (χ1) is 15.6. The number of halogens is 1. The Morgan fingerprint density at radius 2 is 1.72 bits per heavy atom. The van der Waals surface area contributed by atoms with Gasteiger partial charge in [0.05, 0.1) is 11.8 Å². The summed E-state index contributed by atoms with van der Waals surface area (Å²) < 4.78 is 13.2. The van der Waals surface area contributed by atoms with E-state index in [4.69, 9.17) is 0 Å². The van der Waals surface area contributed by atoms with Crippen LogP contribution < -0.4 is 15.6 Å². The third-order valence-electron chi connectivity index (χ3n) is 4.92. The Bertz CT molecular complexity index is 1120. The highest BCUT2D eigenvalue weighted by molar-refractivity contribution is 5.98. The predicted octanol–water partition coefficient (Wildman–Crippen LogP) is 3.89. The third kappa shape index (κ3) is 5.34. The number of carboxylic acid groups (broad SMARTS) is 1. The maximum Gasteiger partial charge on any atom is 0.336 e. The van der Waals surface area contributed by atoms with Crippen molar-refractivity contribution in [2.75, 3.05) is 28.7 Å². The number of aromatic nitrogens is 3. The highest BCUT2D eigenvalue weighted by atomic mass is 19.1. The molecule has 2 aromatic carbocycles. The van der Waals surface area contributed by atoms with E-state index in [1.807, 2.05) is 0 Å². The summed E-state index contributed by atoms with van der Waals surface area (Å²) in [5.41, 5.74) is 3.98. The minimum Gasteiger partial charge on any atom is -0.478 e. The van der Waals surface area contributed by atoms with Crippen molar-refractivity contribution < 1.29 is 14.3 Å². The van der Waals surface area contributed by atoms with Gasteiger partial charge >= 0.3 is 5.97 Å². The molecule has 10 heteroatoms. The molecule has 0 bridgehead atoms. The van der Waals surface area contributed by atoms with Crippen LogP contribution in [0.25, 0.3) is 0 Å². The molecule has 4 rings (SSSR count). The molecule has 0 atom stereocenters. The Labute approximate surface area is 184 Å². The van der Waals surface area contributed by atoms with Crippen LogP contribution in [0.15, 0.2) is 53.6 Å². The molecule has 0 unspecified atom stereocenters. The van der Waals surface area contributed by atoms with Crippen LogP contribution in [0.1, 0.15) is 35.2 Å². The van der Waals surface area contributed by atoms with E-state index in [1.165, 1.54) is 30.8 Å². The first kappa shape index (κ1) is 21.2. The number of carboxylic acids is 1. The molecule has 0 spiro atoms. The number of aromatic carboxylic acids is 1. The van der Waals surface area contributed by atoms with E-state index < -0.39 is 5.97 Å². The largest absolute Gasteiger partial charge is 0.478 e. The first-order valence-corrected chi connectivity index (χ1v) is 10.2. The SMILES string of the molecule is O=C(O)c1ccccc1/C=N\Nc1nc(Nc2ccc(F)cc2)nc(N2CCCCC2)n1. The van der Waals surface area contributed by atoms with Gasteiger partial charge in [0, 0.05) is 24.3 Å². The molecule has 3 N–H and O–H groups in total. The molecular formula is C22H22FN7O2. The van der Waals surface area contributed by atoms with Gasteiger partial charge in [0.15, 0.2) is 0 Å². The van der Waals surface area contributed by atoms with Crippen LogP contribution in [-0.4, -0.2) is 45.3 Å².